The number of likely N-dealkylation sites (tertiary alicyclic amines) is 1. The van der Waals surface area contributed by atoms with E-state index in [0.717, 1.165) is 18.3 Å². The molecular formula is C9H18N2. The highest BCUT2D eigenvalue weighted by Gasteiger charge is 2.22. The molecule has 1 heterocycles. The van der Waals surface area contributed by atoms with E-state index in [4.69, 9.17) is 5.41 Å². The van der Waals surface area contributed by atoms with Gasteiger partial charge in [0.2, 0.25) is 0 Å². The van der Waals surface area contributed by atoms with Crippen molar-refractivity contribution < 1.29 is 0 Å². The number of piperidine rings is 1. The van der Waals surface area contributed by atoms with Crippen molar-refractivity contribution in [2.24, 2.45) is 5.92 Å². The predicted octanol–water partition coefficient (Wildman–Crippen LogP) is 2.10. The molecule has 1 aliphatic heterocycles. The Bertz CT molecular complexity index is 154. The van der Waals surface area contributed by atoms with Gasteiger partial charge in [-0.25, -0.2) is 0 Å². The monoisotopic (exact) mass is 154 g/mol. The van der Waals surface area contributed by atoms with Gasteiger partial charge in [0.25, 0.3) is 0 Å². The normalized spacial score (nSPS) is 32.1. The summed E-state index contributed by atoms with van der Waals surface area (Å²) in [5, 5.41) is 7.54. The van der Waals surface area contributed by atoms with E-state index in [1.165, 1.54) is 12.8 Å². The molecule has 0 aromatic rings. The van der Waals surface area contributed by atoms with Crippen LogP contribution in [0.2, 0.25) is 0 Å². The van der Waals surface area contributed by atoms with Crippen LogP contribution in [0.3, 0.4) is 0 Å². The summed E-state index contributed by atoms with van der Waals surface area (Å²) >= 11 is 0. The zero-order valence-corrected chi connectivity index (χ0v) is 7.72. The summed E-state index contributed by atoms with van der Waals surface area (Å²) in [6.07, 6.45) is 2.57. The van der Waals surface area contributed by atoms with Crippen molar-refractivity contribution in [3.63, 3.8) is 0 Å². The second-order valence-corrected chi connectivity index (χ2v) is 3.77. The van der Waals surface area contributed by atoms with E-state index < -0.39 is 0 Å². The van der Waals surface area contributed by atoms with Crippen LogP contribution in [-0.2, 0) is 0 Å². The van der Waals surface area contributed by atoms with Gasteiger partial charge in [0.1, 0.15) is 0 Å². The van der Waals surface area contributed by atoms with Crippen LogP contribution in [0.4, 0.5) is 0 Å². The minimum absolute atomic E-state index is 0.587. The van der Waals surface area contributed by atoms with E-state index in [1.807, 2.05) is 6.92 Å². The minimum atomic E-state index is 0.587. The zero-order chi connectivity index (χ0) is 8.43. The summed E-state index contributed by atoms with van der Waals surface area (Å²) in [7, 11) is 0. The van der Waals surface area contributed by atoms with Crippen LogP contribution in [0.15, 0.2) is 0 Å². The van der Waals surface area contributed by atoms with E-state index >= 15 is 0 Å². The molecule has 0 radical (unpaired) electrons. The molecule has 1 aliphatic rings. The van der Waals surface area contributed by atoms with Gasteiger partial charge in [0, 0.05) is 12.6 Å². The number of amidine groups is 1. The van der Waals surface area contributed by atoms with Crippen LogP contribution in [0.25, 0.3) is 0 Å². The van der Waals surface area contributed by atoms with Gasteiger partial charge in [-0.3, -0.25) is 5.41 Å². The third-order valence-electron chi connectivity index (χ3n) is 2.55. The SMILES string of the molecule is CC(=N)N1CC(C)CCC1C. The molecule has 0 aromatic carbocycles. The van der Waals surface area contributed by atoms with E-state index in [-0.39, 0.29) is 0 Å². The summed E-state index contributed by atoms with van der Waals surface area (Å²) in [5.74, 6) is 1.50. The molecule has 2 atom stereocenters. The summed E-state index contributed by atoms with van der Waals surface area (Å²) < 4.78 is 0. The zero-order valence-electron chi connectivity index (χ0n) is 7.72. The molecule has 1 saturated heterocycles. The molecule has 0 aliphatic carbocycles. The third kappa shape index (κ3) is 1.95. The molecule has 1 rings (SSSR count). The van der Waals surface area contributed by atoms with Crippen molar-refractivity contribution in [1.29, 1.82) is 5.41 Å². The number of hydrogen-bond acceptors (Lipinski definition) is 1. The fraction of sp³-hybridized carbons (Fsp3) is 0.889. The lowest BCUT2D eigenvalue weighted by atomic mass is 9.95. The molecule has 1 N–H and O–H groups in total. The molecule has 2 nitrogen and oxygen atoms in total. The van der Waals surface area contributed by atoms with Crippen molar-refractivity contribution in [2.45, 2.75) is 39.7 Å². The van der Waals surface area contributed by atoms with Crippen LogP contribution >= 0.6 is 0 Å². The van der Waals surface area contributed by atoms with Gasteiger partial charge >= 0.3 is 0 Å². The Morgan fingerprint density at radius 1 is 1.36 bits per heavy atom. The molecular weight excluding hydrogens is 136 g/mol. The van der Waals surface area contributed by atoms with Gasteiger partial charge in [0.05, 0.1) is 5.84 Å². The smallest absolute Gasteiger partial charge is 0.0928 e. The van der Waals surface area contributed by atoms with Crippen molar-refractivity contribution in [2.75, 3.05) is 6.54 Å². The fourth-order valence-corrected chi connectivity index (χ4v) is 1.76. The average molecular weight is 154 g/mol. The molecule has 0 aromatic heterocycles. The molecule has 0 saturated carbocycles. The lowest BCUT2D eigenvalue weighted by molar-refractivity contribution is 0.205. The van der Waals surface area contributed by atoms with E-state index in [2.05, 4.69) is 18.7 Å². The van der Waals surface area contributed by atoms with Gasteiger partial charge < -0.3 is 4.90 Å². The first-order chi connectivity index (χ1) is 5.11. The second-order valence-electron chi connectivity index (χ2n) is 3.77. The van der Waals surface area contributed by atoms with Crippen molar-refractivity contribution in [3.05, 3.63) is 0 Å². The molecule has 64 valence electrons. The standard InChI is InChI=1S/C9H18N2/c1-7-4-5-8(2)11(6-7)9(3)10/h7-8,10H,4-6H2,1-3H3. The first-order valence-electron chi connectivity index (χ1n) is 4.43. The Kier molecular flexibility index (Phi) is 2.53. The summed E-state index contributed by atoms with van der Waals surface area (Å²) in [6, 6.07) is 0.587. The second kappa shape index (κ2) is 3.24. The molecule has 2 unspecified atom stereocenters. The first-order valence-corrected chi connectivity index (χ1v) is 4.43. The van der Waals surface area contributed by atoms with Crippen molar-refractivity contribution in [3.8, 4) is 0 Å². The summed E-state index contributed by atoms with van der Waals surface area (Å²) in [6.45, 7) is 7.44. The Balaban J connectivity index is 2.54. The molecule has 0 spiro atoms. The van der Waals surface area contributed by atoms with Gasteiger partial charge in [-0.1, -0.05) is 6.92 Å². The molecule has 2 heteroatoms. The minimum Gasteiger partial charge on any atom is -0.358 e. The van der Waals surface area contributed by atoms with Crippen LogP contribution in [0.1, 0.15) is 33.6 Å². The maximum Gasteiger partial charge on any atom is 0.0928 e. The maximum absolute atomic E-state index is 7.54. The molecule has 1 fully saturated rings. The number of nitrogens with one attached hydrogen (secondary N) is 1. The summed E-state index contributed by atoms with van der Waals surface area (Å²) in [4.78, 5) is 2.20. The van der Waals surface area contributed by atoms with Crippen LogP contribution < -0.4 is 0 Å². The van der Waals surface area contributed by atoms with Crippen molar-refractivity contribution in [1.82, 2.24) is 4.90 Å². The molecule has 0 bridgehead atoms. The lowest BCUT2D eigenvalue weighted by Gasteiger charge is -2.37. The number of rotatable bonds is 0. The summed E-state index contributed by atoms with van der Waals surface area (Å²) in [5.41, 5.74) is 0. The quantitative estimate of drug-likeness (QED) is 0.420. The third-order valence-corrected chi connectivity index (χ3v) is 2.55. The topological polar surface area (TPSA) is 27.1 Å². The van der Waals surface area contributed by atoms with E-state index in [1.54, 1.807) is 0 Å². The highest BCUT2D eigenvalue weighted by atomic mass is 15.2. The van der Waals surface area contributed by atoms with Crippen LogP contribution in [0.5, 0.6) is 0 Å². The van der Waals surface area contributed by atoms with Crippen LogP contribution in [-0.4, -0.2) is 23.3 Å². The Morgan fingerprint density at radius 2 is 2.00 bits per heavy atom. The maximum atomic E-state index is 7.54. The van der Waals surface area contributed by atoms with E-state index in [0.29, 0.717) is 6.04 Å². The van der Waals surface area contributed by atoms with Gasteiger partial charge in [-0.2, -0.15) is 0 Å². The number of nitrogens with zero attached hydrogens (tertiary/aromatic N) is 1. The average Bonchev–Trinajstić information content (AvgIpc) is 1.94. The molecule has 11 heavy (non-hydrogen) atoms. The van der Waals surface area contributed by atoms with E-state index in [9.17, 15) is 0 Å². The highest BCUT2D eigenvalue weighted by Crippen LogP contribution is 2.20. The van der Waals surface area contributed by atoms with Gasteiger partial charge in [-0.05, 0) is 32.6 Å². The van der Waals surface area contributed by atoms with Gasteiger partial charge in [-0.15, -0.1) is 0 Å². The van der Waals surface area contributed by atoms with Gasteiger partial charge in [0.15, 0.2) is 0 Å². The fourth-order valence-electron chi connectivity index (χ4n) is 1.76. The lowest BCUT2D eigenvalue weighted by Crippen LogP contribution is -2.43. The van der Waals surface area contributed by atoms with Crippen molar-refractivity contribution >= 4 is 5.84 Å². The highest BCUT2D eigenvalue weighted by molar-refractivity contribution is 5.76. The Hall–Kier alpha value is -0.530. The van der Waals surface area contributed by atoms with Crippen LogP contribution in [0, 0.1) is 11.3 Å². The Labute approximate surface area is 69.1 Å². The molecule has 0 amide bonds. The first kappa shape index (κ1) is 8.57. The predicted molar refractivity (Wildman–Crippen MR) is 48.0 cm³/mol. The number of hydrogen-bond donors (Lipinski definition) is 1. The largest absolute Gasteiger partial charge is 0.358 e. The Morgan fingerprint density at radius 3 is 2.45 bits per heavy atom.